The molecule has 1 aliphatic carbocycles. The maximum absolute atomic E-state index is 13.0. The third-order valence-corrected chi connectivity index (χ3v) is 6.60. The van der Waals surface area contributed by atoms with E-state index in [-0.39, 0.29) is 30.8 Å². The van der Waals surface area contributed by atoms with Gasteiger partial charge in [0.2, 0.25) is 11.8 Å². The Morgan fingerprint density at radius 1 is 1.22 bits per heavy atom. The fourth-order valence-electron chi connectivity index (χ4n) is 3.62. The van der Waals surface area contributed by atoms with Crippen molar-refractivity contribution in [2.24, 2.45) is 4.99 Å². The molecule has 1 aliphatic heterocycles. The van der Waals surface area contributed by atoms with Gasteiger partial charge >= 0.3 is 0 Å². The molecule has 1 saturated carbocycles. The van der Waals surface area contributed by atoms with Gasteiger partial charge < -0.3 is 10.2 Å². The van der Waals surface area contributed by atoms with Crippen molar-refractivity contribution in [1.82, 2.24) is 5.32 Å². The molecule has 27 heavy (non-hydrogen) atoms. The Balaban J connectivity index is 1.59. The topological polar surface area (TPSA) is 61.8 Å². The number of para-hydroxylation sites is 2. The summed E-state index contributed by atoms with van der Waals surface area (Å²) < 4.78 is 0.998. The third kappa shape index (κ3) is 4.14. The molecule has 0 saturated heterocycles. The molecule has 2 aromatic rings. The lowest BCUT2D eigenvalue weighted by Crippen LogP contribution is -2.43. The fourth-order valence-corrected chi connectivity index (χ4v) is 4.99. The number of benzene rings is 1. The quantitative estimate of drug-likeness (QED) is 0.756. The highest BCUT2D eigenvalue weighted by atomic mass is 79.9. The van der Waals surface area contributed by atoms with Gasteiger partial charge in [0.1, 0.15) is 6.54 Å². The number of nitrogens with one attached hydrogen (secondary N) is 1. The predicted octanol–water partition coefficient (Wildman–Crippen LogP) is 4.43. The second-order valence-corrected chi connectivity index (χ2v) is 9.32. The highest BCUT2D eigenvalue weighted by Gasteiger charge is 2.28. The molecule has 4 rings (SSSR count). The van der Waals surface area contributed by atoms with Gasteiger partial charge in [0.15, 0.2) is 0 Å². The molecular weight excluding hydrogens is 426 g/mol. The Morgan fingerprint density at radius 2 is 2.00 bits per heavy atom. The van der Waals surface area contributed by atoms with Crippen LogP contribution in [0.15, 0.2) is 45.2 Å². The van der Waals surface area contributed by atoms with Gasteiger partial charge in [-0.25, -0.2) is 4.99 Å². The smallest absolute Gasteiger partial charge is 0.240 e. The molecule has 0 spiro atoms. The first-order valence-electron chi connectivity index (χ1n) is 9.12. The van der Waals surface area contributed by atoms with E-state index in [0.717, 1.165) is 45.7 Å². The lowest BCUT2D eigenvalue weighted by molar-refractivity contribution is -0.123. The molecular formula is C20H20BrN3O2S. The lowest BCUT2D eigenvalue weighted by atomic mass is 10.2. The second kappa shape index (κ2) is 7.94. The summed E-state index contributed by atoms with van der Waals surface area (Å²) in [5.41, 5.74) is 2.15. The second-order valence-electron chi connectivity index (χ2n) is 6.86. The molecule has 2 amide bonds. The molecule has 0 radical (unpaired) electrons. The largest absolute Gasteiger partial charge is 0.352 e. The van der Waals surface area contributed by atoms with E-state index in [4.69, 9.17) is 4.99 Å². The minimum absolute atomic E-state index is 0.0310. The van der Waals surface area contributed by atoms with E-state index >= 15 is 0 Å². The first-order valence-corrected chi connectivity index (χ1v) is 10.7. The molecule has 1 N–H and O–H groups in total. The van der Waals surface area contributed by atoms with Gasteiger partial charge in [-0.05, 0) is 53.0 Å². The van der Waals surface area contributed by atoms with Crippen LogP contribution in [-0.4, -0.2) is 30.1 Å². The van der Waals surface area contributed by atoms with E-state index < -0.39 is 0 Å². The van der Waals surface area contributed by atoms with Crippen molar-refractivity contribution >= 4 is 56.2 Å². The number of carbonyl (C=O) groups is 2. The van der Waals surface area contributed by atoms with Crippen LogP contribution in [-0.2, 0) is 9.59 Å². The zero-order valence-electron chi connectivity index (χ0n) is 14.8. The standard InChI is InChI=1S/C20H20BrN3O2S/c21-18-10-9-17(27-18)15-11-20(26)24(16-8-4-3-7-14(16)23-15)12-19(25)22-13-5-1-2-6-13/h3-4,7-10,13H,1-2,5-6,11-12H2,(H,22,25). The Labute approximate surface area is 170 Å². The van der Waals surface area contributed by atoms with E-state index in [1.54, 1.807) is 16.2 Å². The van der Waals surface area contributed by atoms with Crippen LogP contribution >= 0.6 is 27.3 Å². The van der Waals surface area contributed by atoms with Crippen LogP contribution in [0.1, 0.15) is 37.0 Å². The van der Waals surface area contributed by atoms with Crippen LogP contribution in [0.25, 0.3) is 0 Å². The molecule has 1 fully saturated rings. The SMILES string of the molecule is O=C(CN1C(=O)CC(c2ccc(Br)s2)=Nc2ccccc21)NC1CCCC1. The molecule has 1 aromatic heterocycles. The van der Waals surface area contributed by atoms with Crippen molar-refractivity contribution < 1.29 is 9.59 Å². The van der Waals surface area contributed by atoms with Crippen molar-refractivity contribution in [3.63, 3.8) is 0 Å². The lowest BCUT2D eigenvalue weighted by Gasteiger charge is -2.23. The number of hydrogen-bond acceptors (Lipinski definition) is 4. The summed E-state index contributed by atoms with van der Waals surface area (Å²) in [5, 5.41) is 3.07. The highest BCUT2D eigenvalue weighted by Crippen LogP contribution is 2.34. The normalized spacial score (nSPS) is 17.4. The van der Waals surface area contributed by atoms with Gasteiger partial charge in [-0.3, -0.25) is 9.59 Å². The molecule has 7 heteroatoms. The monoisotopic (exact) mass is 445 g/mol. The van der Waals surface area contributed by atoms with Gasteiger partial charge in [0.05, 0.1) is 32.2 Å². The number of thiophene rings is 1. The average molecular weight is 446 g/mol. The fraction of sp³-hybridized carbons (Fsp3) is 0.350. The summed E-state index contributed by atoms with van der Waals surface area (Å²) >= 11 is 5.02. The summed E-state index contributed by atoms with van der Waals surface area (Å²) in [6, 6.07) is 11.7. The molecule has 2 heterocycles. The number of nitrogens with zero attached hydrogens (tertiary/aromatic N) is 2. The van der Waals surface area contributed by atoms with Crippen molar-refractivity contribution in [2.45, 2.75) is 38.1 Å². The van der Waals surface area contributed by atoms with Crippen molar-refractivity contribution in [3.05, 3.63) is 45.1 Å². The summed E-state index contributed by atoms with van der Waals surface area (Å²) in [5.74, 6) is -0.211. The van der Waals surface area contributed by atoms with E-state index in [2.05, 4.69) is 21.2 Å². The number of hydrogen-bond donors (Lipinski definition) is 1. The van der Waals surface area contributed by atoms with Crippen LogP contribution in [0, 0.1) is 0 Å². The van der Waals surface area contributed by atoms with E-state index in [0.29, 0.717) is 5.69 Å². The number of aliphatic imine (C=N–C) groups is 1. The van der Waals surface area contributed by atoms with Crippen molar-refractivity contribution in [1.29, 1.82) is 0 Å². The van der Waals surface area contributed by atoms with Crippen molar-refractivity contribution in [3.8, 4) is 0 Å². The van der Waals surface area contributed by atoms with E-state index in [9.17, 15) is 9.59 Å². The number of anilines is 1. The number of halogens is 1. The first-order chi connectivity index (χ1) is 13.1. The Kier molecular flexibility index (Phi) is 5.41. The average Bonchev–Trinajstić information content (AvgIpc) is 3.28. The molecule has 0 unspecified atom stereocenters. The Morgan fingerprint density at radius 3 is 2.74 bits per heavy atom. The number of rotatable bonds is 4. The van der Waals surface area contributed by atoms with Crippen LogP contribution < -0.4 is 10.2 Å². The molecule has 140 valence electrons. The minimum Gasteiger partial charge on any atom is -0.352 e. The summed E-state index contributed by atoms with van der Waals surface area (Å²) in [6.07, 6.45) is 4.54. The van der Waals surface area contributed by atoms with Crippen LogP contribution in [0.4, 0.5) is 11.4 Å². The van der Waals surface area contributed by atoms with Crippen LogP contribution in [0.3, 0.4) is 0 Å². The third-order valence-electron chi connectivity index (χ3n) is 4.93. The van der Waals surface area contributed by atoms with Gasteiger partial charge in [-0.1, -0.05) is 25.0 Å². The van der Waals surface area contributed by atoms with Crippen LogP contribution in [0.2, 0.25) is 0 Å². The molecule has 0 atom stereocenters. The molecule has 1 aromatic carbocycles. The zero-order chi connectivity index (χ0) is 18.8. The number of fused-ring (bicyclic) bond motifs is 1. The summed E-state index contributed by atoms with van der Waals surface area (Å²) in [4.78, 5) is 32.8. The van der Waals surface area contributed by atoms with Gasteiger partial charge in [-0.15, -0.1) is 11.3 Å². The maximum Gasteiger partial charge on any atom is 0.240 e. The van der Waals surface area contributed by atoms with Gasteiger partial charge in [0.25, 0.3) is 0 Å². The highest BCUT2D eigenvalue weighted by molar-refractivity contribution is 9.11. The van der Waals surface area contributed by atoms with Crippen molar-refractivity contribution in [2.75, 3.05) is 11.4 Å². The number of carbonyl (C=O) groups excluding carboxylic acids is 2. The molecule has 0 bridgehead atoms. The van der Waals surface area contributed by atoms with E-state index in [1.807, 2.05) is 36.4 Å². The number of amides is 2. The predicted molar refractivity (Wildman–Crippen MR) is 112 cm³/mol. The Hall–Kier alpha value is -1.99. The first kappa shape index (κ1) is 18.4. The summed E-state index contributed by atoms with van der Waals surface area (Å²) in [6.45, 7) is 0.0310. The van der Waals surface area contributed by atoms with Gasteiger partial charge in [-0.2, -0.15) is 0 Å². The zero-order valence-corrected chi connectivity index (χ0v) is 17.2. The molecule has 2 aliphatic rings. The van der Waals surface area contributed by atoms with E-state index in [1.165, 1.54) is 0 Å². The maximum atomic E-state index is 13.0. The minimum atomic E-state index is -0.107. The molecule has 5 nitrogen and oxygen atoms in total. The van der Waals surface area contributed by atoms with Crippen LogP contribution in [0.5, 0.6) is 0 Å². The Bertz CT molecular complexity index is 902. The summed E-state index contributed by atoms with van der Waals surface area (Å²) in [7, 11) is 0. The van der Waals surface area contributed by atoms with Gasteiger partial charge in [0, 0.05) is 6.04 Å².